The first-order valence-corrected chi connectivity index (χ1v) is 7.51. The van der Waals surface area contributed by atoms with Crippen molar-refractivity contribution in [3.05, 3.63) is 62.6 Å². The summed E-state index contributed by atoms with van der Waals surface area (Å²) in [5, 5.41) is 4.70. The molecule has 0 aliphatic rings. The summed E-state index contributed by atoms with van der Waals surface area (Å²) >= 11 is 12.5. The molecule has 0 bridgehead atoms. The van der Waals surface area contributed by atoms with Gasteiger partial charge in [-0.3, -0.25) is 0 Å². The molecule has 0 radical (unpaired) electrons. The molecule has 2 nitrogen and oxygen atoms in total. The quantitative estimate of drug-likeness (QED) is 0.861. The number of nitrogens with one attached hydrogen (secondary N) is 1. The van der Waals surface area contributed by atoms with Gasteiger partial charge in [0.05, 0.1) is 13.2 Å². The van der Waals surface area contributed by atoms with E-state index < -0.39 is 0 Å². The summed E-state index contributed by atoms with van der Waals surface area (Å²) in [4.78, 5) is 0. The molecule has 0 spiro atoms. The van der Waals surface area contributed by atoms with Crippen molar-refractivity contribution < 1.29 is 4.74 Å². The van der Waals surface area contributed by atoms with Crippen molar-refractivity contribution in [2.75, 3.05) is 14.2 Å². The minimum atomic E-state index is -0.0131. The highest BCUT2D eigenvalue weighted by Crippen LogP contribution is 2.34. The number of hydrogen-bond acceptors (Lipinski definition) is 2. The lowest BCUT2D eigenvalue weighted by molar-refractivity contribution is 0.411. The van der Waals surface area contributed by atoms with Crippen molar-refractivity contribution in [2.24, 2.45) is 0 Å². The fraction of sp³-hybridized carbons (Fsp3) is 0.294. The van der Waals surface area contributed by atoms with Crippen LogP contribution in [0, 0.1) is 13.8 Å². The van der Waals surface area contributed by atoms with E-state index in [0.29, 0.717) is 10.0 Å². The van der Waals surface area contributed by atoms with Crippen molar-refractivity contribution in [1.29, 1.82) is 0 Å². The molecular weight excluding hydrogens is 305 g/mol. The predicted octanol–water partition coefficient (Wildman–Crippen LogP) is 4.93. The van der Waals surface area contributed by atoms with Crippen LogP contribution in [0.1, 0.15) is 28.3 Å². The van der Waals surface area contributed by atoms with Gasteiger partial charge in [-0.05, 0) is 67.4 Å². The first-order chi connectivity index (χ1) is 9.97. The number of aryl methyl sites for hydroxylation is 2. The van der Waals surface area contributed by atoms with Crippen molar-refractivity contribution in [3.8, 4) is 5.75 Å². The molecule has 0 fully saturated rings. The Hall–Kier alpha value is -1.22. The molecule has 21 heavy (non-hydrogen) atoms. The van der Waals surface area contributed by atoms with E-state index in [1.54, 1.807) is 13.2 Å². The van der Waals surface area contributed by atoms with Crippen LogP contribution in [0.3, 0.4) is 0 Å². The number of methoxy groups -OCH3 is 1. The minimum absolute atomic E-state index is 0.0131. The first-order valence-electron chi connectivity index (χ1n) is 6.75. The molecule has 0 heterocycles. The smallest absolute Gasteiger partial charge is 0.122 e. The van der Waals surface area contributed by atoms with E-state index in [1.807, 2.05) is 32.2 Å². The molecule has 0 saturated heterocycles. The largest absolute Gasteiger partial charge is 0.496 e. The Morgan fingerprint density at radius 1 is 1.00 bits per heavy atom. The number of hydrogen-bond donors (Lipinski definition) is 1. The molecule has 112 valence electrons. The van der Waals surface area contributed by atoms with Crippen molar-refractivity contribution in [2.45, 2.75) is 19.9 Å². The number of benzene rings is 2. The third-order valence-electron chi connectivity index (χ3n) is 3.65. The van der Waals surface area contributed by atoms with Crippen molar-refractivity contribution in [3.63, 3.8) is 0 Å². The summed E-state index contributed by atoms with van der Waals surface area (Å²) in [6, 6.07) is 9.70. The summed E-state index contributed by atoms with van der Waals surface area (Å²) in [6.45, 7) is 4.11. The second-order valence-electron chi connectivity index (χ2n) is 5.07. The molecule has 1 atom stereocenters. The van der Waals surface area contributed by atoms with Gasteiger partial charge in [0.1, 0.15) is 5.75 Å². The SMILES string of the molecule is CNC(c1cc(C)c(OC)cc1C)c1cc(Cl)ccc1Cl. The molecule has 0 aliphatic heterocycles. The van der Waals surface area contributed by atoms with Gasteiger partial charge in [0.25, 0.3) is 0 Å². The summed E-state index contributed by atoms with van der Waals surface area (Å²) in [6.07, 6.45) is 0. The van der Waals surface area contributed by atoms with Gasteiger partial charge in [-0.1, -0.05) is 29.3 Å². The van der Waals surface area contributed by atoms with Gasteiger partial charge in [0.15, 0.2) is 0 Å². The molecular formula is C17H19Cl2NO. The van der Waals surface area contributed by atoms with E-state index in [9.17, 15) is 0 Å². The topological polar surface area (TPSA) is 21.3 Å². The molecule has 1 N–H and O–H groups in total. The summed E-state index contributed by atoms with van der Waals surface area (Å²) in [7, 11) is 3.60. The molecule has 1 unspecified atom stereocenters. The van der Waals surface area contributed by atoms with Gasteiger partial charge in [-0.2, -0.15) is 0 Å². The van der Waals surface area contributed by atoms with Gasteiger partial charge in [0.2, 0.25) is 0 Å². The maximum Gasteiger partial charge on any atom is 0.122 e. The maximum absolute atomic E-state index is 6.35. The second kappa shape index (κ2) is 6.69. The molecule has 2 rings (SSSR count). The summed E-state index contributed by atoms with van der Waals surface area (Å²) in [5.74, 6) is 0.892. The van der Waals surface area contributed by atoms with Gasteiger partial charge in [0, 0.05) is 10.0 Å². The van der Waals surface area contributed by atoms with Crippen LogP contribution in [-0.2, 0) is 0 Å². The standard InChI is InChI=1S/C17H19Cl2NO/c1-10-8-16(21-4)11(2)7-13(10)17(20-3)14-9-12(18)5-6-15(14)19/h5-9,17,20H,1-4H3. The predicted molar refractivity (Wildman–Crippen MR) is 89.8 cm³/mol. The Morgan fingerprint density at radius 3 is 2.33 bits per heavy atom. The molecule has 0 aromatic heterocycles. The third-order valence-corrected chi connectivity index (χ3v) is 4.23. The lowest BCUT2D eigenvalue weighted by Gasteiger charge is -2.22. The lowest BCUT2D eigenvalue weighted by Crippen LogP contribution is -2.19. The van der Waals surface area contributed by atoms with Crippen molar-refractivity contribution >= 4 is 23.2 Å². The van der Waals surface area contributed by atoms with Gasteiger partial charge >= 0.3 is 0 Å². The van der Waals surface area contributed by atoms with E-state index in [-0.39, 0.29) is 6.04 Å². The van der Waals surface area contributed by atoms with E-state index in [2.05, 4.69) is 18.3 Å². The molecule has 2 aromatic rings. The number of ether oxygens (including phenoxy) is 1. The van der Waals surface area contributed by atoms with Crippen LogP contribution < -0.4 is 10.1 Å². The average Bonchev–Trinajstić information content (AvgIpc) is 2.46. The second-order valence-corrected chi connectivity index (χ2v) is 5.91. The Balaban J connectivity index is 2.56. The fourth-order valence-electron chi connectivity index (χ4n) is 2.56. The highest BCUT2D eigenvalue weighted by Gasteiger charge is 2.19. The van der Waals surface area contributed by atoms with Crippen LogP contribution in [0.2, 0.25) is 10.0 Å². The maximum atomic E-state index is 6.35. The third kappa shape index (κ3) is 3.34. The Kier molecular flexibility index (Phi) is 5.15. The highest BCUT2D eigenvalue weighted by atomic mass is 35.5. The Morgan fingerprint density at radius 2 is 1.71 bits per heavy atom. The van der Waals surface area contributed by atoms with Gasteiger partial charge < -0.3 is 10.1 Å². The Labute approximate surface area is 136 Å². The van der Waals surface area contributed by atoms with Crippen LogP contribution in [-0.4, -0.2) is 14.2 Å². The van der Waals surface area contributed by atoms with Crippen molar-refractivity contribution in [1.82, 2.24) is 5.32 Å². The van der Waals surface area contributed by atoms with Gasteiger partial charge in [-0.25, -0.2) is 0 Å². The van der Waals surface area contributed by atoms with E-state index in [1.165, 1.54) is 5.56 Å². The minimum Gasteiger partial charge on any atom is -0.496 e. The first kappa shape index (κ1) is 16.2. The molecule has 4 heteroatoms. The zero-order valence-electron chi connectivity index (χ0n) is 12.6. The number of rotatable bonds is 4. The van der Waals surface area contributed by atoms with Crippen LogP contribution in [0.15, 0.2) is 30.3 Å². The van der Waals surface area contributed by atoms with E-state index in [4.69, 9.17) is 27.9 Å². The van der Waals surface area contributed by atoms with Crippen LogP contribution in [0.5, 0.6) is 5.75 Å². The van der Waals surface area contributed by atoms with Crippen LogP contribution >= 0.6 is 23.2 Å². The molecule has 0 saturated carbocycles. The molecule has 0 amide bonds. The normalized spacial score (nSPS) is 12.3. The van der Waals surface area contributed by atoms with E-state index >= 15 is 0 Å². The van der Waals surface area contributed by atoms with E-state index in [0.717, 1.165) is 22.4 Å². The molecule has 0 aliphatic carbocycles. The Bertz CT molecular complexity index is 655. The average molecular weight is 324 g/mol. The summed E-state index contributed by atoms with van der Waals surface area (Å²) < 4.78 is 5.38. The van der Waals surface area contributed by atoms with Gasteiger partial charge in [-0.15, -0.1) is 0 Å². The highest BCUT2D eigenvalue weighted by molar-refractivity contribution is 6.33. The van der Waals surface area contributed by atoms with Crippen LogP contribution in [0.25, 0.3) is 0 Å². The fourth-order valence-corrected chi connectivity index (χ4v) is 2.96. The van der Waals surface area contributed by atoms with Crippen LogP contribution in [0.4, 0.5) is 0 Å². The number of halogens is 2. The zero-order valence-corrected chi connectivity index (χ0v) is 14.1. The lowest BCUT2D eigenvalue weighted by atomic mass is 9.93. The molecule has 2 aromatic carbocycles. The monoisotopic (exact) mass is 323 g/mol. The summed E-state index contributed by atoms with van der Waals surface area (Å²) in [5.41, 5.74) is 4.38. The zero-order chi connectivity index (χ0) is 15.6.